The Morgan fingerprint density at radius 3 is 2.68 bits per heavy atom. The fraction of sp³-hybridized carbons (Fsp3) is 0.583. The summed E-state index contributed by atoms with van der Waals surface area (Å²) >= 11 is 1.04. The lowest BCUT2D eigenvalue weighted by Crippen LogP contribution is -2.33. The van der Waals surface area contributed by atoms with Gasteiger partial charge in [-0.25, -0.2) is 13.6 Å². The van der Waals surface area contributed by atoms with Crippen LogP contribution in [0.5, 0.6) is 0 Å². The van der Waals surface area contributed by atoms with Crippen LogP contribution in [0, 0.1) is 0 Å². The van der Waals surface area contributed by atoms with Crippen molar-refractivity contribution in [3.8, 4) is 0 Å². The van der Waals surface area contributed by atoms with E-state index in [2.05, 4.69) is 12.2 Å². The summed E-state index contributed by atoms with van der Waals surface area (Å²) in [7, 11) is -3.67. The Morgan fingerprint density at radius 1 is 1.47 bits per heavy atom. The fourth-order valence-corrected chi connectivity index (χ4v) is 3.45. The number of carbonyl (C=O) groups excluding carboxylic acids is 1. The summed E-state index contributed by atoms with van der Waals surface area (Å²) in [5.74, 6) is -0.0913. The summed E-state index contributed by atoms with van der Waals surface area (Å²) in [5, 5.41) is 7.92. The largest absolute Gasteiger partial charge is 0.353 e. The summed E-state index contributed by atoms with van der Waals surface area (Å²) in [5.41, 5.74) is 0. The number of nitrogens with two attached hydrogens (primary N) is 1. The van der Waals surface area contributed by atoms with Crippen molar-refractivity contribution in [3.63, 3.8) is 0 Å². The maximum absolute atomic E-state index is 11.8. The van der Waals surface area contributed by atoms with E-state index in [1.165, 1.54) is 6.07 Å². The quantitative estimate of drug-likeness (QED) is 0.802. The van der Waals surface area contributed by atoms with Crippen LogP contribution in [0.3, 0.4) is 0 Å². The molecule has 1 aromatic rings. The van der Waals surface area contributed by atoms with Gasteiger partial charge in [0.1, 0.15) is 4.21 Å². The first-order valence-electron chi connectivity index (χ1n) is 6.23. The highest BCUT2D eigenvalue weighted by Gasteiger charge is 2.14. The highest BCUT2D eigenvalue weighted by molar-refractivity contribution is 7.91. The lowest BCUT2D eigenvalue weighted by atomic mass is 10.1. The Morgan fingerprint density at radius 2 is 2.16 bits per heavy atom. The molecule has 0 aliphatic rings. The molecule has 0 saturated carbocycles. The van der Waals surface area contributed by atoms with Gasteiger partial charge in [0.25, 0.3) is 0 Å². The van der Waals surface area contributed by atoms with E-state index < -0.39 is 10.0 Å². The molecule has 19 heavy (non-hydrogen) atoms. The van der Waals surface area contributed by atoms with E-state index >= 15 is 0 Å². The van der Waals surface area contributed by atoms with Gasteiger partial charge in [0.15, 0.2) is 0 Å². The predicted molar refractivity (Wildman–Crippen MR) is 76.5 cm³/mol. The molecule has 0 spiro atoms. The van der Waals surface area contributed by atoms with E-state index in [0.29, 0.717) is 4.88 Å². The molecule has 0 fully saturated rings. The summed E-state index contributed by atoms with van der Waals surface area (Å²) in [6, 6.07) is 3.20. The summed E-state index contributed by atoms with van der Waals surface area (Å²) < 4.78 is 22.3. The minimum absolute atomic E-state index is 0.0913. The molecule has 1 amide bonds. The van der Waals surface area contributed by atoms with Crippen LogP contribution in [-0.2, 0) is 21.2 Å². The number of nitrogens with one attached hydrogen (secondary N) is 1. The maximum atomic E-state index is 11.8. The zero-order chi connectivity index (χ0) is 14.5. The van der Waals surface area contributed by atoms with Crippen molar-refractivity contribution in [2.45, 2.75) is 49.8 Å². The molecule has 1 heterocycles. The van der Waals surface area contributed by atoms with Crippen LogP contribution in [0.1, 0.15) is 38.0 Å². The molecule has 1 unspecified atom stereocenters. The monoisotopic (exact) mass is 304 g/mol. The second kappa shape index (κ2) is 7.02. The van der Waals surface area contributed by atoms with E-state index in [-0.39, 0.29) is 22.6 Å². The lowest BCUT2D eigenvalue weighted by Gasteiger charge is -2.12. The average Bonchev–Trinajstić information content (AvgIpc) is 2.74. The molecule has 1 aromatic heterocycles. The van der Waals surface area contributed by atoms with E-state index in [0.717, 1.165) is 30.6 Å². The second-order valence-corrected chi connectivity index (χ2v) is 7.51. The van der Waals surface area contributed by atoms with Gasteiger partial charge in [-0.15, -0.1) is 11.3 Å². The van der Waals surface area contributed by atoms with Crippen molar-refractivity contribution in [1.29, 1.82) is 0 Å². The normalized spacial score (nSPS) is 13.2. The van der Waals surface area contributed by atoms with Gasteiger partial charge >= 0.3 is 0 Å². The Labute approximate surface area is 118 Å². The number of hydrogen-bond donors (Lipinski definition) is 2. The van der Waals surface area contributed by atoms with Gasteiger partial charge in [-0.1, -0.05) is 19.8 Å². The third-order valence-corrected chi connectivity index (χ3v) is 5.17. The summed E-state index contributed by atoms with van der Waals surface area (Å²) in [4.78, 5) is 12.5. The molecule has 0 radical (unpaired) electrons. The molecular weight excluding hydrogens is 284 g/mol. The molecule has 0 aliphatic heterocycles. The number of sulfonamides is 1. The molecule has 5 nitrogen and oxygen atoms in total. The number of thiophene rings is 1. The molecule has 108 valence electrons. The molecule has 1 atom stereocenters. The van der Waals surface area contributed by atoms with Gasteiger partial charge in [0.05, 0.1) is 6.42 Å². The smallest absolute Gasteiger partial charge is 0.247 e. The van der Waals surface area contributed by atoms with Gasteiger partial charge in [0.2, 0.25) is 15.9 Å². The van der Waals surface area contributed by atoms with Crippen LogP contribution < -0.4 is 10.5 Å². The van der Waals surface area contributed by atoms with Gasteiger partial charge in [0, 0.05) is 10.9 Å². The predicted octanol–water partition coefficient (Wildman–Crippen LogP) is 1.63. The summed E-state index contributed by atoms with van der Waals surface area (Å²) in [6.07, 6.45) is 3.32. The van der Waals surface area contributed by atoms with Crippen molar-refractivity contribution in [1.82, 2.24) is 5.32 Å². The first-order chi connectivity index (χ1) is 8.82. The van der Waals surface area contributed by atoms with Crippen molar-refractivity contribution in [3.05, 3.63) is 17.0 Å². The van der Waals surface area contributed by atoms with E-state index in [1.807, 2.05) is 6.92 Å². The second-order valence-electron chi connectivity index (χ2n) is 4.55. The van der Waals surface area contributed by atoms with Gasteiger partial charge in [-0.05, 0) is 25.5 Å². The molecular formula is C12H20N2O3S2. The number of rotatable bonds is 7. The van der Waals surface area contributed by atoms with Gasteiger partial charge in [-0.3, -0.25) is 4.79 Å². The van der Waals surface area contributed by atoms with Crippen LogP contribution in [0.4, 0.5) is 0 Å². The van der Waals surface area contributed by atoms with Crippen LogP contribution >= 0.6 is 11.3 Å². The standard InChI is InChI=1S/C12H20N2O3S2/c1-3-4-5-9(2)14-11(15)8-10-6-7-12(18-10)19(13,16)17/h6-7,9H,3-5,8H2,1-2H3,(H,14,15)(H2,13,16,17). The maximum Gasteiger partial charge on any atom is 0.247 e. The van der Waals surface area contributed by atoms with Gasteiger partial charge in [-0.2, -0.15) is 0 Å². The van der Waals surface area contributed by atoms with E-state index in [4.69, 9.17) is 5.14 Å². The molecule has 0 aliphatic carbocycles. The molecule has 0 aromatic carbocycles. The number of primary sulfonamides is 1. The van der Waals surface area contributed by atoms with Crippen LogP contribution in [0.25, 0.3) is 0 Å². The molecule has 3 N–H and O–H groups in total. The zero-order valence-corrected chi connectivity index (χ0v) is 12.8. The van der Waals surface area contributed by atoms with Crippen molar-refractivity contribution < 1.29 is 13.2 Å². The van der Waals surface area contributed by atoms with E-state index in [9.17, 15) is 13.2 Å². The number of amides is 1. The van der Waals surface area contributed by atoms with Crippen molar-refractivity contribution in [2.24, 2.45) is 5.14 Å². The zero-order valence-electron chi connectivity index (χ0n) is 11.2. The van der Waals surface area contributed by atoms with E-state index in [1.54, 1.807) is 6.07 Å². The van der Waals surface area contributed by atoms with Crippen LogP contribution in [0.2, 0.25) is 0 Å². The number of hydrogen-bond acceptors (Lipinski definition) is 4. The van der Waals surface area contributed by atoms with Crippen LogP contribution in [0.15, 0.2) is 16.3 Å². The minimum Gasteiger partial charge on any atom is -0.353 e. The first-order valence-corrected chi connectivity index (χ1v) is 8.60. The third-order valence-electron chi connectivity index (χ3n) is 2.65. The third kappa shape index (κ3) is 5.71. The Balaban J connectivity index is 2.51. The number of unbranched alkanes of at least 4 members (excludes halogenated alkanes) is 1. The lowest BCUT2D eigenvalue weighted by molar-refractivity contribution is -0.121. The SMILES string of the molecule is CCCCC(C)NC(=O)Cc1ccc(S(N)(=O)=O)s1. The first kappa shape index (κ1) is 16.1. The highest BCUT2D eigenvalue weighted by atomic mass is 32.2. The van der Waals surface area contributed by atoms with Crippen LogP contribution in [-0.4, -0.2) is 20.4 Å². The Hall–Kier alpha value is -0.920. The van der Waals surface area contributed by atoms with Gasteiger partial charge < -0.3 is 5.32 Å². The molecule has 7 heteroatoms. The topological polar surface area (TPSA) is 89.3 Å². The minimum atomic E-state index is -3.67. The highest BCUT2D eigenvalue weighted by Crippen LogP contribution is 2.20. The molecule has 0 saturated heterocycles. The number of carbonyl (C=O) groups is 1. The summed E-state index contributed by atoms with van der Waals surface area (Å²) in [6.45, 7) is 4.08. The van der Waals surface area contributed by atoms with Crippen molar-refractivity contribution in [2.75, 3.05) is 0 Å². The molecule has 0 bridgehead atoms. The fourth-order valence-electron chi connectivity index (χ4n) is 1.67. The van der Waals surface area contributed by atoms with Crippen molar-refractivity contribution >= 4 is 27.3 Å². The average molecular weight is 304 g/mol. The molecule has 1 rings (SSSR count). The Bertz CT molecular complexity index is 523. The Kier molecular flexibility index (Phi) is 5.96.